The summed E-state index contributed by atoms with van der Waals surface area (Å²) in [6.07, 6.45) is 2.06. The minimum Gasteiger partial charge on any atom is -0.441 e. The molecule has 0 spiro atoms. The van der Waals surface area contributed by atoms with Crippen LogP contribution < -0.4 is 4.72 Å². The molecule has 0 unspecified atom stereocenters. The summed E-state index contributed by atoms with van der Waals surface area (Å²) in [4.78, 5) is 16.5. The Balaban J connectivity index is 1.62. The lowest BCUT2D eigenvalue weighted by atomic mass is 10.1. The fourth-order valence-corrected chi connectivity index (χ4v) is 4.14. The topological polar surface area (TPSA) is 98.5 Å². The standard InChI is InChI=1S/C18H22N2O5S/c1-13-16(19-18(25-13)14-7-3-2-4-8-14)11-17(21)20-26(22,23)12-15-9-5-6-10-24-15/h2-4,7-8,15H,5-6,9-12H2,1H3,(H,20,21)/t15-/m1/s1. The van der Waals surface area contributed by atoms with Gasteiger partial charge in [0.05, 0.1) is 24.0 Å². The van der Waals surface area contributed by atoms with E-state index < -0.39 is 15.9 Å². The molecule has 1 aromatic carbocycles. The second-order valence-electron chi connectivity index (χ2n) is 6.36. The number of aryl methyl sites for hydroxylation is 1. The summed E-state index contributed by atoms with van der Waals surface area (Å²) in [5.74, 6) is 0.0689. The van der Waals surface area contributed by atoms with E-state index in [2.05, 4.69) is 9.71 Å². The van der Waals surface area contributed by atoms with E-state index in [4.69, 9.17) is 9.15 Å². The lowest BCUT2D eigenvalue weighted by Crippen LogP contribution is -2.39. The SMILES string of the molecule is Cc1oc(-c2ccccc2)nc1CC(=O)NS(=O)(=O)C[C@H]1CCCCO1. The third-order valence-electron chi connectivity index (χ3n) is 4.19. The summed E-state index contributed by atoms with van der Waals surface area (Å²) >= 11 is 0. The minimum absolute atomic E-state index is 0.160. The van der Waals surface area contributed by atoms with Gasteiger partial charge in [-0.3, -0.25) is 9.52 Å². The van der Waals surface area contributed by atoms with E-state index in [0.717, 1.165) is 18.4 Å². The number of oxazole rings is 1. The zero-order chi connectivity index (χ0) is 18.6. The predicted molar refractivity (Wildman–Crippen MR) is 95.9 cm³/mol. The highest BCUT2D eigenvalue weighted by molar-refractivity contribution is 7.90. The van der Waals surface area contributed by atoms with E-state index in [-0.39, 0.29) is 18.3 Å². The van der Waals surface area contributed by atoms with E-state index in [9.17, 15) is 13.2 Å². The lowest BCUT2D eigenvalue weighted by Gasteiger charge is -2.22. The van der Waals surface area contributed by atoms with Gasteiger partial charge in [0.25, 0.3) is 0 Å². The van der Waals surface area contributed by atoms with Gasteiger partial charge in [0.2, 0.25) is 21.8 Å². The second-order valence-corrected chi connectivity index (χ2v) is 8.13. The van der Waals surface area contributed by atoms with Crippen molar-refractivity contribution in [3.05, 3.63) is 41.8 Å². The number of amides is 1. The molecular weight excluding hydrogens is 356 g/mol. The number of hydrogen-bond acceptors (Lipinski definition) is 6. The maximum atomic E-state index is 12.2. The van der Waals surface area contributed by atoms with Gasteiger partial charge in [-0.05, 0) is 38.3 Å². The predicted octanol–water partition coefficient (Wildman–Crippen LogP) is 2.21. The van der Waals surface area contributed by atoms with Crippen LogP contribution in [0.1, 0.15) is 30.7 Å². The average molecular weight is 378 g/mol. The highest BCUT2D eigenvalue weighted by atomic mass is 32.2. The number of carbonyl (C=O) groups excluding carboxylic acids is 1. The van der Waals surface area contributed by atoms with Crippen LogP contribution in [0.2, 0.25) is 0 Å². The van der Waals surface area contributed by atoms with Crippen molar-refractivity contribution in [2.45, 2.75) is 38.7 Å². The van der Waals surface area contributed by atoms with Gasteiger partial charge in [-0.15, -0.1) is 0 Å². The Morgan fingerprint density at radius 3 is 2.73 bits per heavy atom. The van der Waals surface area contributed by atoms with E-state index in [1.165, 1.54) is 0 Å². The van der Waals surface area contributed by atoms with E-state index >= 15 is 0 Å². The first kappa shape index (κ1) is 18.6. The number of aromatic nitrogens is 1. The van der Waals surface area contributed by atoms with Crippen molar-refractivity contribution in [1.29, 1.82) is 0 Å². The fraction of sp³-hybridized carbons (Fsp3) is 0.444. The summed E-state index contributed by atoms with van der Waals surface area (Å²) in [6, 6.07) is 9.31. The zero-order valence-electron chi connectivity index (χ0n) is 14.6. The highest BCUT2D eigenvalue weighted by Crippen LogP contribution is 2.21. The van der Waals surface area contributed by atoms with Crippen LogP contribution in [0.25, 0.3) is 11.5 Å². The van der Waals surface area contributed by atoms with E-state index in [1.54, 1.807) is 6.92 Å². The third-order valence-corrected chi connectivity index (χ3v) is 5.54. The number of ether oxygens (including phenoxy) is 1. The van der Waals surface area contributed by atoms with Crippen molar-refractivity contribution in [2.24, 2.45) is 0 Å². The Kier molecular flexibility index (Phi) is 5.73. The lowest BCUT2D eigenvalue weighted by molar-refractivity contribution is -0.118. The first-order valence-electron chi connectivity index (χ1n) is 8.59. The Morgan fingerprint density at radius 2 is 2.04 bits per heavy atom. The maximum absolute atomic E-state index is 12.2. The molecule has 8 heteroatoms. The maximum Gasteiger partial charge on any atom is 0.239 e. The Labute approximate surface area is 152 Å². The number of carbonyl (C=O) groups is 1. The fourth-order valence-electron chi connectivity index (χ4n) is 2.88. The van der Waals surface area contributed by atoms with Crippen LogP contribution in [0.15, 0.2) is 34.7 Å². The molecule has 7 nitrogen and oxygen atoms in total. The first-order valence-corrected chi connectivity index (χ1v) is 10.2. The van der Waals surface area contributed by atoms with Crippen LogP contribution in [-0.2, 0) is 26.0 Å². The molecule has 1 amide bonds. The van der Waals surface area contributed by atoms with Crippen molar-refractivity contribution in [1.82, 2.24) is 9.71 Å². The van der Waals surface area contributed by atoms with E-state index in [0.29, 0.717) is 30.4 Å². The van der Waals surface area contributed by atoms with Crippen LogP contribution in [0.3, 0.4) is 0 Å². The normalized spacial score (nSPS) is 17.8. The van der Waals surface area contributed by atoms with Crippen molar-refractivity contribution in [2.75, 3.05) is 12.4 Å². The molecule has 1 aromatic heterocycles. The summed E-state index contributed by atoms with van der Waals surface area (Å²) in [6.45, 7) is 2.26. The summed E-state index contributed by atoms with van der Waals surface area (Å²) in [5.41, 5.74) is 1.22. The Morgan fingerprint density at radius 1 is 1.27 bits per heavy atom. The van der Waals surface area contributed by atoms with Gasteiger partial charge < -0.3 is 9.15 Å². The van der Waals surface area contributed by atoms with Gasteiger partial charge in [-0.2, -0.15) is 0 Å². The van der Waals surface area contributed by atoms with Gasteiger partial charge in [-0.1, -0.05) is 18.2 Å². The molecule has 0 saturated carbocycles. The number of rotatable bonds is 6. The molecule has 0 radical (unpaired) electrons. The van der Waals surface area contributed by atoms with Crippen LogP contribution in [0.5, 0.6) is 0 Å². The molecule has 0 aliphatic carbocycles. The van der Waals surface area contributed by atoms with Gasteiger partial charge in [-0.25, -0.2) is 13.4 Å². The van der Waals surface area contributed by atoms with Gasteiger partial charge >= 0.3 is 0 Å². The van der Waals surface area contributed by atoms with Crippen molar-refractivity contribution >= 4 is 15.9 Å². The van der Waals surface area contributed by atoms with Gasteiger partial charge in [0.1, 0.15) is 5.76 Å². The van der Waals surface area contributed by atoms with Crippen molar-refractivity contribution in [3.8, 4) is 11.5 Å². The molecule has 2 heterocycles. The minimum atomic E-state index is -3.74. The molecule has 0 bridgehead atoms. The smallest absolute Gasteiger partial charge is 0.239 e. The first-order chi connectivity index (χ1) is 12.4. The molecule has 140 valence electrons. The summed E-state index contributed by atoms with van der Waals surface area (Å²) in [5, 5.41) is 0. The molecule has 3 rings (SSSR count). The third kappa shape index (κ3) is 4.92. The summed E-state index contributed by atoms with van der Waals surface area (Å²) < 4.78 is 37.4. The Bertz CT molecular complexity index is 855. The molecular formula is C18H22N2O5S. The number of sulfonamides is 1. The van der Waals surface area contributed by atoms with Crippen LogP contribution in [0, 0.1) is 6.92 Å². The van der Waals surface area contributed by atoms with Crippen LogP contribution in [-0.4, -0.2) is 37.8 Å². The molecule has 1 fully saturated rings. The van der Waals surface area contributed by atoms with Crippen LogP contribution >= 0.6 is 0 Å². The molecule has 26 heavy (non-hydrogen) atoms. The number of nitrogens with one attached hydrogen (secondary N) is 1. The molecule has 1 N–H and O–H groups in total. The average Bonchev–Trinajstić information content (AvgIpc) is 2.96. The molecule has 1 saturated heterocycles. The zero-order valence-corrected chi connectivity index (χ0v) is 15.4. The van der Waals surface area contributed by atoms with Crippen molar-refractivity contribution in [3.63, 3.8) is 0 Å². The molecule has 1 atom stereocenters. The summed E-state index contributed by atoms with van der Waals surface area (Å²) in [7, 11) is -3.74. The molecule has 1 aliphatic rings. The highest BCUT2D eigenvalue weighted by Gasteiger charge is 2.24. The number of benzene rings is 1. The van der Waals surface area contributed by atoms with Crippen LogP contribution in [0.4, 0.5) is 0 Å². The van der Waals surface area contributed by atoms with Gasteiger partial charge in [0, 0.05) is 12.2 Å². The largest absolute Gasteiger partial charge is 0.441 e. The number of hydrogen-bond donors (Lipinski definition) is 1. The van der Waals surface area contributed by atoms with E-state index in [1.807, 2.05) is 30.3 Å². The van der Waals surface area contributed by atoms with Gasteiger partial charge in [0.15, 0.2) is 0 Å². The van der Waals surface area contributed by atoms with Crippen molar-refractivity contribution < 1.29 is 22.4 Å². The molecule has 1 aliphatic heterocycles. The molecule has 2 aromatic rings. The quantitative estimate of drug-likeness (QED) is 0.827. The monoisotopic (exact) mass is 378 g/mol. The Hall–Kier alpha value is -2.19. The number of nitrogens with zero attached hydrogens (tertiary/aromatic N) is 1. The second kappa shape index (κ2) is 8.01.